The molecule has 4 rings (SSSR count). The highest BCUT2D eigenvalue weighted by atomic mass is 32.1. The van der Waals surface area contributed by atoms with Crippen LogP contribution < -0.4 is 10.6 Å². The summed E-state index contributed by atoms with van der Waals surface area (Å²) in [6.07, 6.45) is 0. The van der Waals surface area contributed by atoms with Crippen LogP contribution in [0.2, 0.25) is 0 Å². The minimum absolute atomic E-state index is 0.283. The summed E-state index contributed by atoms with van der Waals surface area (Å²) in [7, 11) is 0. The highest BCUT2D eigenvalue weighted by Gasteiger charge is 2.16. The SMILES string of the molecule is Cc1ccc(CNC(=O)c2ccccc2NC(=O)c2cc3c(F)cccc3s2)cc1. The van der Waals surface area contributed by atoms with E-state index in [0.717, 1.165) is 11.1 Å². The molecular formula is C24H19FN2O2S. The molecule has 0 saturated heterocycles. The van der Waals surface area contributed by atoms with Crippen molar-refractivity contribution in [2.24, 2.45) is 0 Å². The summed E-state index contributed by atoms with van der Waals surface area (Å²) in [6.45, 7) is 2.39. The zero-order valence-electron chi connectivity index (χ0n) is 16.2. The molecule has 4 nitrogen and oxygen atoms in total. The Morgan fingerprint density at radius 3 is 2.47 bits per heavy atom. The summed E-state index contributed by atoms with van der Waals surface area (Å²) in [5, 5.41) is 6.08. The Kier molecular flexibility index (Phi) is 5.59. The number of thiophene rings is 1. The van der Waals surface area contributed by atoms with Gasteiger partial charge < -0.3 is 10.6 Å². The van der Waals surface area contributed by atoms with Crippen molar-refractivity contribution in [1.82, 2.24) is 5.32 Å². The Hall–Kier alpha value is -3.51. The molecule has 4 aromatic rings. The van der Waals surface area contributed by atoms with E-state index in [4.69, 9.17) is 0 Å². The third kappa shape index (κ3) is 4.23. The van der Waals surface area contributed by atoms with Gasteiger partial charge in [-0.15, -0.1) is 11.3 Å². The fourth-order valence-corrected chi connectivity index (χ4v) is 4.07. The van der Waals surface area contributed by atoms with Gasteiger partial charge in [0, 0.05) is 16.6 Å². The second kappa shape index (κ2) is 8.47. The van der Waals surface area contributed by atoms with E-state index in [1.54, 1.807) is 36.4 Å². The first kappa shape index (κ1) is 19.8. The van der Waals surface area contributed by atoms with E-state index < -0.39 is 0 Å². The number of para-hydroxylation sites is 1. The number of benzene rings is 3. The standard InChI is InChI=1S/C24H19FN2O2S/c1-15-9-11-16(12-10-15)14-26-23(28)17-5-2-3-7-20(17)27-24(29)22-13-18-19(25)6-4-8-21(18)30-22/h2-13H,14H2,1H3,(H,26,28)(H,27,29). The van der Waals surface area contributed by atoms with Gasteiger partial charge in [-0.25, -0.2) is 4.39 Å². The first-order valence-corrected chi connectivity index (χ1v) is 10.2. The number of amides is 2. The Bertz CT molecular complexity index is 1230. The van der Waals surface area contributed by atoms with Crippen molar-refractivity contribution in [2.45, 2.75) is 13.5 Å². The molecule has 0 spiro atoms. The molecule has 2 N–H and O–H groups in total. The zero-order chi connectivity index (χ0) is 21.1. The average molecular weight is 418 g/mol. The molecule has 0 bridgehead atoms. The molecule has 0 saturated carbocycles. The summed E-state index contributed by atoms with van der Waals surface area (Å²) in [5.41, 5.74) is 2.91. The molecule has 0 unspecified atom stereocenters. The zero-order valence-corrected chi connectivity index (χ0v) is 17.1. The molecule has 0 radical (unpaired) electrons. The van der Waals surface area contributed by atoms with Crippen molar-refractivity contribution >= 4 is 38.9 Å². The molecule has 0 aliphatic rings. The summed E-state index contributed by atoms with van der Waals surface area (Å²) in [5.74, 6) is -1.03. The number of nitrogens with one attached hydrogen (secondary N) is 2. The van der Waals surface area contributed by atoms with Gasteiger partial charge >= 0.3 is 0 Å². The summed E-state index contributed by atoms with van der Waals surface area (Å²) in [6, 6.07) is 21.0. The fourth-order valence-electron chi connectivity index (χ4n) is 3.09. The molecule has 3 aromatic carbocycles. The molecule has 2 amide bonds. The molecule has 0 fully saturated rings. The molecule has 150 valence electrons. The second-order valence-electron chi connectivity index (χ2n) is 6.93. The van der Waals surface area contributed by atoms with Gasteiger partial charge in [-0.2, -0.15) is 0 Å². The van der Waals surface area contributed by atoms with E-state index in [9.17, 15) is 14.0 Å². The lowest BCUT2D eigenvalue weighted by Gasteiger charge is -2.11. The van der Waals surface area contributed by atoms with E-state index in [-0.39, 0.29) is 17.6 Å². The summed E-state index contributed by atoms with van der Waals surface area (Å²) in [4.78, 5) is 25.8. The van der Waals surface area contributed by atoms with Gasteiger partial charge in [0.2, 0.25) is 0 Å². The largest absolute Gasteiger partial charge is 0.348 e. The quantitative estimate of drug-likeness (QED) is 0.448. The fraction of sp³-hybridized carbons (Fsp3) is 0.0833. The van der Waals surface area contributed by atoms with E-state index in [0.29, 0.717) is 32.8 Å². The first-order chi connectivity index (χ1) is 14.5. The van der Waals surface area contributed by atoms with Crippen LogP contribution >= 0.6 is 11.3 Å². The van der Waals surface area contributed by atoms with Crippen molar-refractivity contribution in [3.05, 3.63) is 100 Å². The maximum atomic E-state index is 13.9. The Morgan fingerprint density at radius 1 is 0.933 bits per heavy atom. The van der Waals surface area contributed by atoms with Crippen LogP contribution in [0.25, 0.3) is 10.1 Å². The van der Waals surface area contributed by atoms with Crippen molar-refractivity contribution in [3.8, 4) is 0 Å². The van der Waals surface area contributed by atoms with Crippen molar-refractivity contribution in [3.63, 3.8) is 0 Å². The van der Waals surface area contributed by atoms with E-state index in [1.165, 1.54) is 23.5 Å². The predicted octanol–water partition coefficient (Wildman–Crippen LogP) is 5.53. The second-order valence-corrected chi connectivity index (χ2v) is 8.01. The Morgan fingerprint density at radius 2 is 1.70 bits per heavy atom. The molecular weight excluding hydrogens is 399 g/mol. The lowest BCUT2D eigenvalue weighted by atomic mass is 10.1. The van der Waals surface area contributed by atoms with E-state index in [1.807, 2.05) is 31.2 Å². The van der Waals surface area contributed by atoms with Crippen LogP contribution in [0.3, 0.4) is 0 Å². The third-order valence-corrected chi connectivity index (χ3v) is 5.82. The summed E-state index contributed by atoms with van der Waals surface area (Å²) < 4.78 is 14.6. The van der Waals surface area contributed by atoms with Gasteiger partial charge in [-0.3, -0.25) is 9.59 Å². The third-order valence-electron chi connectivity index (χ3n) is 4.73. The van der Waals surface area contributed by atoms with Gasteiger partial charge in [0.15, 0.2) is 0 Å². The van der Waals surface area contributed by atoms with Crippen LogP contribution in [0.1, 0.15) is 31.2 Å². The predicted molar refractivity (Wildman–Crippen MR) is 119 cm³/mol. The van der Waals surface area contributed by atoms with Crippen molar-refractivity contribution < 1.29 is 14.0 Å². The number of fused-ring (bicyclic) bond motifs is 1. The number of aryl methyl sites for hydroxylation is 1. The first-order valence-electron chi connectivity index (χ1n) is 9.43. The number of hydrogen-bond acceptors (Lipinski definition) is 3. The minimum Gasteiger partial charge on any atom is -0.348 e. The molecule has 6 heteroatoms. The monoisotopic (exact) mass is 418 g/mol. The topological polar surface area (TPSA) is 58.2 Å². The van der Waals surface area contributed by atoms with Gasteiger partial charge in [0.25, 0.3) is 11.8 Å². The highest BCUT2D eigenvalue weighted by molar-refractivity contribution is 7.20. The van der Waals surface area contributed by atoms with Crippen LogP contribution in [-0.4, -0.2) is 11.8 Å². The van der Waals surface area contributed by atoms with E-state index >= 15 is 0 Å². The average Bonchev–Trinajstić information content (AvgIpc) is 3.19. The molecule has 1 aromatic heterocycles. The minimum atomic E-state index is -0.380. The highest BCUT2D eigenvalue weighted by Crippen LogP contribution is 2.28. The smallest absolute Gasteiger partial charge is 0.265 e. The number of anilines is 1. The van der Waals surface area contributed by atoms with E-state index in [2.05, 4.69) is 10.6 Å². The molecule has 0 aliphatic carbocycles. The number of carbonyl (C=O) groups excluding carboxylic acids is 2. The molecule has 30 heavy (non-hydrogen) atoms. The molecule has 0 aliphatic heterocycles. The van der Waals surface area contributed by atoms with Crippen LogP contribution in [0, 0.1) is 12.7 Å². The van der Waals surface area contributed by atoms with Gasteiger partial charge in [0.1, 0.15) is 5.82 Å². The van der Waals surface area contributed by atoms with Crippen molar-refractivity contribution in [1.29, 1.82) is 0 Å². The number of halogens is 1. The maximum Gasteiger partial charge on any atom is 0.265 e. The summed E-state index contributed by atoms with van der Waals surface area (Å²) >= 11 is 1.21. The van der Waals surface area contributed by atoms with Gasteiger partial charge in [-0.05, 0) is 42.8 Å². The van der Waals surface area contributed by atoms with Crippen LogP contribution in [0.5, 0.6) is 0 Å². The van der Waals surface area contributed by atoms with Gasteiger partial charge in [0.05, 0.1) is 16.1 Å². The van der Waals surface area contributed by atoms with Crippen molar-refractivity contribution in [2.75, 3.05) is 5.32 Å². The van der Waals surface area contributed by atoms with Crippen LogP contribution in [-0.2, 0) is 6.54 Å². The van der Waals surface area contributed by atoms with Crippen LogP contribution in [0.4, 0.5) is 10.1 Å². The van der Waals surface area contributed by atoms with Crippen LogP contribution in [0.15, 0.2) is 72.8 Å². The Labute approximate surface area is 177 Å². The molecule has 1 heterocycles. The lowest BCUT2D eigenvalue weighted by Crippen LogP contribution is -2.24. The normalized spacial score (nSPS) is 10.7. The number of hydrogen-bond donors (Lipinski definition) is 2. The lowest BCUT2D eigenvalue weighted by molar-refractivity contribution is 0.0952. The Balaban J connectivity index is 1.50. The number of carbonyl (C=O) groups is 2. The number of rotatable bonds is 5. The van der Waals surface area contributed by atoms with Gasteiger partial charge in [-0.1, -0.05) is 48.0 Å². The molecule has 0 atom stereocenters. The maximum absolute atomic E-state index is 13.9.